The molecule has 1 aliphatic carbocycles. The van der Waals surface area contributed by atoms with Crippen molar-refractivity contribution in [1.29, 1.82) is 0 Å². The van der Waals surface area contributed by atoms with E-state index in [4.69, 9.17) is 14.2 Å². The smallest absolute Gasteiger partial charge is 0.243 e. The topological polar surface area (TPSA) is 112 Å². The van der Waals surface area contributed by atoms with Crippen molar-refractivity contribution >= 4 is 17.3 Å². The zero-order valence-corrected chi connectivity index (χ0v) is 17.6. The standard InChI is InChI=1S/C21H24N6O4/c1-29-17-10-15(11-18(30-2)20(17)31-3)23-19(28)12-22-14-6-4-5-13(9-14)21-24-25-26-27(21)16-7-8-16/h4-6,9-11,16,22H,7-8,12H2,1-3H3,(H,23,28). The largest absolute Gasteiger partial charge is 0.493 e. The molecule has 0 bridgehead atoms. The summed E-state index contributed by atoms with van der Waals surface area (Å²) in [6, 6.07) is 11.4. The number of rotatable bonds is 9. The minimum absolute atomic E-state index is 0.0771. The first-order valence-corrected chi connectivity index (χ1v) is 9.85. The first-order chi connectivity index (χ1) is 15.1. The summed E-state index contributed by atoms with van der Waals surface area (Å²) in [7, 11) is 4.58. The minimum atomic E-state index is -0.220. The van der Waals surface area contributed by atoms with Crippen molar-refractivity contribution in [3.8, 4) is 28.6 Å². The number of amides is 1. The quantitative estimate of drug-likeness (QED) is 0.539. The van der Waals surface area contributed by atoms with Crippen molar-refractivity contribution in [2.24, 2.45) is 0 Å². The number of nitrogens with one attached hydrogen (secondary N) is 2. The number of benzene rings is 2. The fourth-order valence-corrected chi connectivity index (χ4v) is 3.26. The first kappa shape index (κ1) is 20.5. The van der Waals surface area contributed by atoms with Gasteiger partial charge >= 0.3 is 0 Å². The van der Waals surface area contributed by atoms with E-state index in [-0.39, 0.29) is 12.5 Å². The van der Waals surface area contributed by atoms with E-state index in [1.807, 2.05) is 28.9 Å². The van der Waals surface area contributed by atoms with Gasteiger partial charge in [0.05, 0.1) is 33.9 Å². The van der Waals surface area contributed by atoms with Crippen molar-refractivity contribution in [3.63, 3.8) is 0 Å². The Morgan fingerprint density at radius 2 is 1.81 bits per heavy atom. The zero-order chi connectivity index (χ0) is 21.8. The highest BCUT2D eigenvalue weighted by molar-refractivity contribution is 5.94. The molecule has 1 heterocycles. The van der Waals surface area contributed by atoms with Crippen LogP contribution in [0.25, 0.3) is 11.4 Å². The number of hydrogen-bond acceptors (Lipinski definition) is 8. The maximum Gasteiger partial charge on any atom is 0.243 e. The van der Waals surface area contributed by atoms with Gasteiger partial charge in [0.25, 0.3) is 0 Å². The van der Waals surface area contributed by atoms with Gasteiger partial charge in [-0.1, -0.05) is 12.1 Å². The summed E-state index contributed by atoms with van der Waals surface area (Å²) >= 11 is 0. The van der Waals surface area contributed by atoms with Crippen LogP contribution in [0.1, 0.15) is 18.9 Å². The molecule has 0 spiro atoms. The molecule has 162 valence electrons. The summed E-state index contributed by atoms with van der Waals surface area (Å²) in [5.74, 6) is 1.90. The molecule has 1 aromatic heterocycles. The molecule has 1 fully saturated rings. The van der Waals surface area contributed by atoms with Gasteiger partial charge in [0.1, 0.15) is 0 Å². The highest BCUT2D eigenvalue weighted by Gasteiger charge is 2.28. The van der Waals surface area contributed by atoms with Gasteiger partial charge in [-0.15, -0.1) is 5.10 Å². The Balaban J connectivity index is 1.42. The third-order valence-electron chi connectivity index (χ3n) is 4.91. The van der Waals surface area contributed by atoms with E-state index in [1.54, 1.807) is 12.1 Å². The molecule has 1 aliphatic rings. The van der Waals surface area contributed by atoms with Crippen LogP contribution in [0.5, 0.6) is 17.2 Å². The van der Waals surface area contributed by atoms with E-state index in [2.05, 4.69) is 26.2 Å². The Hall–Kier alpha value is -3.82. The third kappa shape index (κ3) is 4.52. The molecule has 2 aromatic carbocycles. The van der Waals surface area contributed by atoms with Crippen molar-refractivity contribution < 1.29 is 19.0 Å². The molecule has 2 N–H and O–H groups in total. The molecule has 0 radical (unpaired) electrons. The van der Waals surface area contributed by atoms with Crippen molar-refractivity contribution in [1.82, 2.24) is 20.2 Å². The van der Waals surface area contributed by atoms with Crippen LogP contribution in [-0.4, -0.2) is 54.0 Å². The summed E-state index contributed by atoms with van der Waals surface area (Å²) in [6.45, 7) is 0.0771. The summed E-state index contributed by atoms with van der Waals surface area (Å²) in [6.07, 6.45) is 2.19. The molecule has 1 saturated carbocycles. The van der Waals surface area contributed by atoms with Gasteiger partial charge in [-0.25, -0.2) is 4.68 Å². The van der Waals surface area contributed by atoms with Gasteiger partial charge in [0.2, 0.25) is 11.7 Å². The van der Waals surface area contributed by atoms with Gasteiger partial charge in [-0.3, -0.25) is 4.79 Å². The third-order valence-corrected chi connectivity index (χ3v) is 4.91. The second-order valence-electron chi connectivity index (χ2n) is 7.07. The van der Waals surface area contributed by atoms with Crippen LogP contribution < -0.4 is 24.8 Å². The molecule has 0 aliphatic heterocycles. The van der Waals surface area contributed by atoms with E-state index in [1.165, 1.54) is 21.3 Å². The predicted molar refractivity (Wildman–Crippen MR) is 115 cm³/mol. The number of nitrogens with zero attached hydrogens (tertiary/aromatic N) is 4. The Bertz CT molecular complexity index is 1050. The molecular weight excluding hydrogens is 400 g/mol. The lowest BCUT2D eigenvalue weighted by Gasteiger charge is -2.15. The normalized spacial score (nSPS) is 12.9. The van der Waals surface area contributed by atoms with E-state index < -0.39 is 0 Å². The molecule has 1 amide bonds. The maximum atomic E-state index is 12.5. The molecule has 0 atom stereocenters. The number of ether oxygens (including phenoxy) is 3. The predicted octanol–water partition coefficient (Wildman–Crippen LogP) is 2.75. The van der Waals surface area contributed by atoms with Crippen molar-refractivity contribution in [3.05, 3.63) is 36.4 Å². The van der Waals surface area contributed by atoms with Crippen molar-refractivity contribution in [2.75, 3.05) is 38.5 Å². The van der Waals surface area contributed by atoms with Crippen LogP contribution >= 0.6 is 0 Å². The highest BCUT2D eigenvalue weighted by Crippen LogP contribution is 2.40. The Kier molecular flexibility index (Phi) is 5.87. The monoisotopic (exact) mass is 424 g/mol. The lowest BCUT2D eigenvalue weighted by molar-refractivity contribution is -0.114. The number of aromatic nitrogens is 4. The van der Waals surface area contributed by atoms with E-state index in [0.717, 1.165) is 29.9 Å². The van der Waals surface area contributed by atoms with Crippen molar-refractivity contribution in [2.45, 2.75) is 18.9 Å². The number of methoxy groups -OCH3 is 3. The number of tetrazole rings is 1. The SMILES string of the molecule is COc1cc(NC(=O)CNc2cccc(-c3nnnn3C3CC3)c2)cc(OC)c1OC. The summed E-state index contributed by atoms with van der Waals surface area (Å²) in [5.41, 5.74) is 2.23. The van der Waals surface area contributed by atoms with Crippen LogP contribution in [0, 0.1) is 0 Å². The Labute approximate surface area is 179 Å². The van der Waals surface area contributed by atoms with Gasteiger partial charge in [0.15, 0.2) is 17.3 Å². The average Bonchev–Trinajstić information content (AvgIpc) is 3.53. The van der Waals surface area contributed by atoms with Gasteiger partial charge < -0.3 is 24.8 Å². The van der Waals surface area contributed by atoms with Crippen LogP contribution in [0.4, 0.5) is 11.4 Å². The number of carbonyl (C=O) groups is 1. The lowest BCUT2D eigenvalue weighted by Crippen LogP contribution is -2.21. The molecule has 0 saturated heterocycles. The molecule has 10 nitrogen and oxygen atoms in total. The summed E-state index contributed by atoms with van der Waals surface area (Å²) in [5, 5.41) is 18.0. The summed E-state index contributed by atoms with van der Waals surface area (Å²) in [4.78, 5) is 12.5. The fourth-order valence-electron chi connectivity index (χ4n) is 3.26. The average molecular weight is 424 g/mol. The van der Waals surface area contributed by atoms with E-state index in [0.29, 0.717) is 29.0 Å². The Morgan fingerprint density at radius 1 is 1.06 bits per heavy atom. The highest BCUT2D eigenvalue weighted by atomic mass is 16.5. The maximum absolute atomic E-state index is 12.5. The van der Waals surface area contributed by atoms with Crippen LogP contribution in [-0.2, 0) is 4.79 Å². The fraction of sp³-hybridized carbons (Fsp3) is 0.333. The summed E-state index contributed by atoms with van der Waals surface area (Å²) < 4.78 is 17.8. The molecule has 4 rings (SSSR count). The number of anilines is 2. The second-order valence-corrected chi connectivity index (χ2v) is 7.07. The van der Waals surface area contributed by atoms with Gasteiger partial charge in [0, 0.05) is 29.1 Å². The minimum Gasteiger partial charge on any atom is -0.493 e. The first-order valence-electron chi connectivity index (χ1n) is 9.85. The molecular formula is C21H24N6O4. The van der Waals surface area contributed by atoms with E-state index >= 15 is 0 Å². The second kappa shape index (κ2) is 8.90. The van der Waals surface area contributed by atoms with Crippen LogP contribution in [0.3, 0.4) is 0 Å². The van der Waals surface area contributed by atoms with Crippen LogP contribution in [0.15, 0.2) is 36.4 Å². The van der Waals surface area contributed by atoms with Gasteiger partial charge in [-0.2, -0.15) is 0 Å². The molecule has 31 heavy (non-hydrogen) atoms. The Morgan fingerprint density at radius 3 is 2.45 bits per heavy atom. The van der Waals surface area contributed by atoms with Gasteiger partial charge in [-0.05, 0) is 35.4 Å². The van der Waals surface area contributed by atoms with E-state index in [9.17, 15) is 4.79 Å². The number of carbonyl (C=O) groups excluding carboxylic acids is 1. The van der Waals surface area contributed by atoms with Crippen LogP contribution in [0.2, 0.25) is 0 Å². The molecule has 10 heteroatoms. The molecule has 3 aromatic rings. The lowest BCUT2D eigenvalue weighted by atomic mass is 10.2. The molecule has 0 unspecified atom stereocenters. The number of hydrogen-bond donors (Lipinski definition) is 2. The zero-order valence-electron chi connectivity index (χ0n) is 17.6.